The number of benzene rings is 1. The van der Waals surface area contributed by atoms with Gasteiger partial charge in [0.25, 0.3) is 0 Å². The average molecular weight is 383 g/mol. The number of hydrogen-bond acceptors (Lipinski definition) is 4. The van der Waals surface area contributed by atoms with Crippen molar-refractivity contribution >= 4 is 16.6 Å². The van der Waals surface area contributed by atoms with E-state index < -0.39 is 11.6 Å². The maximum atomic E-state index is 14.3. The van der Waals surface area contributed by atoms with Crippen molar-refractivity contribution < 1.29 is 13.5 Å². The van der Waals surface area contributed by atoms with Gasteiger partial charge < -0.3 is 14.6 Å². The third kappa shape index (κ3) is 2.57. The van der Waals surface area contributed by atoms with Crippen molar-refractivity contribution in [3.8, 4) is 5.75 Å². The van der Waals surface area contributed by atoms with Gasteiger partial charge >= 0.3 is 0 Å². The van der Waals surface area contributed by atoms with Crippen LogP contribution in [0.5, 0.6) is 5.75 Å². The molecule has 7 heteroatoms. The molecule has 1 aliphatic heterocycles. The number of halogens is 2. The van der Waals surface area contributed by atoms with Crippen LogP contribution in [0.1, 0.15) is 31.0 Å². The van der Waals surface area contributed by atoms with E-state index in [9.17, 15) is 13.6 Å². The van der Waals surface area contributed by atoms with Crippen LogP contribution in [0.15, 0.2) is 41.5 Å². The summed E-state index contributed by atoms with van der Waals surface area (Å²) in [6.45, 7) is 0.718. The smallest absolute Gasteiger partial charge is 0.202 e. The molecule has 1 saturated heterocycles. The van der Waals surface area contributed by atoms with Crippen LogP contribution in [0, 0.1) is 17.0 Å². The molecule has 1 saturated carbocycles. The standard InChI is InChI=1S/C21H19F2N3O2/c1-28-20-16(3-2-13(22)19(20)23)26-11-21(5-6-21)9-17(26)15-8-18(27)12-10-24-7-4-14(12)25-15/h2-4,7-8,10,17H,5-6,9,11H2,1H3,(H,25,27). The minimum Gasteiger partial charge on any atom is -0.491 e. The molecule has 1 spiro atoms. The zero-order valence-electron chi connectivity index (χ0n) is 15.3. The van der Waals surface area contributed by atoms with Gasteiger partial charge in [-0.2, -0.15) is 4.39 Å². The molecule has 2 aromatic heterocycles. The number of methoxy groups -OCH3 is 1. The minimum atomic E-state index is -0.992. The molecular formula is C21H19F2N3O2. The van der Waals surface area contributed by atoms with E-state index in [1.54, 1.807) is 30.6 Å². The summed E-state index contributed by atoms with van der Waals surface area (Å²) >= 11 is 0. The lowest BCUT2D eigenvalue weighted by atomic mass is 10.0. The molecule has 1 aromatic carbocycles. The third-order valence-electron chi connectivity index (χ3n) is 6.02. The Morgan fingerprint density at radius 1 is 1.29 bits per heavy atom. The van der Waals surface area contributed by atoms with Crippen LogP contribution < -0.4 is 15.1 Å². The number of nitrogens with one attached hydrogen (secondary N) is 1. The lowest BCUT2D eigenvalue weighted by Crippen LogP contribution is -2.26. The van der Waals surface area contributed by atoms with Crippen LogP contribution in [0.25, 0.3) is 10.9 Å². The fourth-order valence-corrected chi connectivity index (χ4v) is 4.36. The summed E-state index contributed by atoms with van der Waals surface area (Å²) in [5.74, 6) is -2.03. The summed E-state index contributed by atoms with van der Waals surface area (Å²) in [7, 11) is 1.34. The first-order valence-corrected chi connectivity index (χ1v) is 9.27. The second-order valence-corrected chi connectivity index (χ2v) is 7.77. The zero-order valence-corrected chi connectivity index (χ0v) is 15.3. The maximum absolute atomic E-state index is 14.3. The molecule has 5 nitrogen and oxygen atoms in total. The quantitative estimate of drug-likeness (QED) is 0.744. The van der Waals surface area contributed by atoms with Gasteiger partial charge in [0.15, 0.2) is 17.0 Å². The Kier molecular flexibility index (Phi) is 3.69. The second kappa shape index (κ2) is 6.02. The van der Waals surface area contributed by atoms with E-state index in [0.29, 0.717) is 16.6 Å². The molecule has 144 valence electrons. The van der Waals surface area contributed by atoms with Crippen molar-refractivity contribution in [1.82, 2.24) is 9.97 Å². The maximum Gasteiger partial charge on any atom is 0.202 e. The number of rotatable bonds is 3. The van der Waals surface area contributed by atoms with Gasteiger partial charge in [-0.1, -0.05) is 0 Å². The van der Waals surface area contributed by atoms with Gasteiger partial charge in [-0.15, -0.1) is 0 Å². The first-order chi connectivity index (χ1) is 13.5. The van der Waals surface area contributed by atoms with Crippen LogP contribution in [0.4, 0.5) is 14.5 Å². The molecule has 3 heterocycles. The summed E-state index contributed by atoms with van der Waals surface area (Å²) in [5.41, 5.74) is 2.03. The zero-order chi connectivity index (χ0) is 19.5. The summed E-state index contributed by atoms with van der Waals surface area (Å²) in [6.07, 6.45) is 6.21. The molecule has 0 bridgehead atoms. The van der Waals surface area contributed by atoms with E-state index in [-0.39, 0.29) is 22.6 Å². The minimum absolute atomic E-state index is 0.102. The molecule has 2 aliphatic rings. The summed E-state index contributed by atoms with van der Waals surface area (Å²) < 4.78 is 33.3. The molecule has 28 heavy (non-hydrogen) atoms. The molecule has 1 N–H and O–H groups in total. The number of aromatic amines is 1. The normalized spacial score (nSPS) is 20.1. The van der Waals surface area contributed by atoms with Crippen LogP contribution >= 0.6 is 0 Å². The van der Waals surface area contributed by atoms with E-state index in [0.717, 1.165) is 37.6 Å². The van der Waals surface area contributed by atoms with Crippen LogP contribution in [-0.4, -0.2) is 23.6 Å². The van der Waals surface area contributed by atoms with Crippen LogP contribution in [-0.2, 0) is 0 Å². The van der Waals surface area contributed by atoms with E-state index in [1.807, 2.05) is 4.90 Å². The molecule has 2 fully saturated rings. The van der Waals surface area contributed by atoms with Gasteiger partial charge in [0.1, 0.15) is 0 Å². The number of ether oxygens (including phenoxy) is 1. The number of nitrogens with zero attached hydrogens (tertiary/aromatic N) is 2. The highest BCUT2D eigenvalue weighted by molar-refractivity contribution is 5.77. The van der Waals surface area contributed by atoms with Crippen molar-refractivity contribution in [3.05, 3.63) is 64.2 Å². The molecule has 5 rings (SSSR count). The van der Waals surface area contributed by atoms with Crippen molar-refractivity contribution in [2.24, 2.45) is 5.41 Å². The van der Waals surface area contributed by atoms with Crippen molar-refractivity contribution in [3.63, 3.8) is 0 Å². The SMILES string of the molecule is COc1c(N2CC3(CC3)CC2c2cc(=O)c3cnccc3[nH]2)ccc(F)c1F. The van der Waals surface area contributed by atoms with Gasteiger partial charge in [-0.3, -0.25) is 9.78 Å². The molecule has 1 unspecified atom stereocenters. The second-order valence-electron chi connectivity index (χ2n) is 7.77. The number of anilines is 1. The lowest BCUT2D eigenvalue weighted by molar-refractivity contribution is 0.371. The van der Waals surface area contributed by atoms with Gasteiger partial charge in [-0.25, -0.2) is 4.39 Å². The predicted octanol–water partition coefficient (Wildman–Crippen LogP) is 3.94. The molecule has 0 amide bonds. The Morgan fingerprint density at radius 3 is 2.86 bits per heavy atom. The molecular weight excluding hydrogens is 364 g/mol. The highest BCUT2D eigenvalue weighted by Crippen LogP contribution is 2.60. The first kappa shape index (κ1) is 17.2. The fraction of sp³-hybridized carbons (Fsp3) is 0.333. The number of H-pyrrole nitrogens is 1. The Morgan fingerprint density at radius 2 is 2.11 bits per heavy atom. The number of pyridine rings is 2. The summed E-state index contributed by atoms with van der Waals surface area (Å²) in [4.78, 5) is 22.0. The Labute approximate surface area is 160 Å². The third-order valence-corrected chi connectivity index (χ3v) is 6.02. The largest absolute Gasteiger partial charge is 0.491 e. The van der Waals surface area contributed by atoms with E-state index >= 15 is 0 Å². The first-order valence-electron chi connectivity index (χ1n) is 9.27. The van der Waals surface area contributed by atoms with Crippen molar-refractivity contribution in [2.75, 3.05) is 18.6 Å². The highest BCUT2D eigenvalue weighted by Gasteiger charge is 2.53. The molecule has 1 aliphatic carbocycles. The molecule has 0 radical (unpaired) electrons. The van der Waals surface area contributed by atoms with E-state index in [2.05, 4.69) is 9.97 Å². The average Bonchev–Trinajstić information content (AvgIpc) is 3.34. The number of aromatic nitrogens is 2. The Bertz CT molecular complexity index is 1140. The summed E-state index contributed by atoms with van der Waals surface area (Å²) in [6, 6.07) is 5.89. The van der Waals surface area contributed by atoms with Gasteiger partial charge in [0.2, 0.25) is 5.82 Å². The van der Waals surface area contributed by atoms with Crippen molar-refractivity contribution in [1.29, 1.82) is 0 Å². The lowest BCUT2D eigenvalue weighted by Gasteiger charge is -2.28. The topological polar surface area (TPSA) is 58.2 Å². The summed E-state index contributed by atoms with van der Waals surface area (Å²) in [5, 5.41) is 0.530. The number of fused-ring (bicyclic) bond motifs is 1. The Hall–Kier alpha value is -2.96. The monoisotopic (exact) mass is 383 g/mol. The molecule has 3 aromatic rings. The predicted molar refractivity (Wildman–Crippen MR) is 102 cm³/mol. The van der Waals surface area contributed by atoms with Gasteiger partial charge in [0, 0.05) is 30.7 Å². The highest BCUT2D eigenvalue weighted by atomic mass is 19.2. The van der Waals surface area contributed by atoms with Crippen molar-refractivity contribution in [2.45, 2.75) is 25.3 Å². The van der Waals surface area contributed by atoms with Crippen LogP contribution in [0.3, 0.4) is 0 Å². The Balaban J connectivity index is 1.65. The molecule has 1 atom stereocenters. The van der Waals surface area contributed by atoms with E-state index in [1.165, 1.54) is 7.11 Å². The van der Waals surface area contributed by atoms with Gasteiger partial charge in [-0.05, 0) is 42.9 Å². The number of hydrogen-bond donors (Lipinski definition) is 1. The fourth-order valence-electron chi connectivity index (χ4n) is 4.36. The van der Waals surface area contributed by atoms with E-state index in [4.69, 9.17) is 4.74 Å². The van der Waals surface area contributed by atoms with Gasteiger partial charge in [0.05, 0.1) is 29.7 Å². The van der Waals surface area contributed by atoms with Crippen LogP contribution in [0.2, 0.25) is 0 Å².